The summed E-state index contributed by atoms with van der Waals surface area (Å²) >= 11 is 2.79. The maximum absolute atomic E-state index is 11.4. The molecule has 1 heterocycles. The first-order valence-corrected chi connectivity index (χ1v) is 7.21. The Balaban J connectivity index is 2.19. The van der Waals surface area contributed by atoms with E-state index in [2.05, 4.69) is 14.1 Å². The first kappa shape index (κ1) is 13.8. The van der Waals surface area contributed by atoms with Crippen LogP contribution in [0, 0.1) is 0 Å². The highest BCUT2D eigenvalue weighted by molar-refractivity contribution is 8.01. The molecule has 0 unspecified atom stereocenters. The molecule has 2 aromatic rings. The van der Waals surface area contributed by atoms with Crippen molar-refractivity contribution in [3.8, 4) is 0 Å². The largest absolute Gasteiger partial charge is 0.465 e. The summed E-state index contributed by atoms with van der Waals surface area (Å²) in [6.45, 7) is 2.01. The van der Waals surface area contributed by atoms with Gasteiger partial charge >= 0.3 is 5.97 Å². The number of aryl methyl sites for hydroxylation is 1. The molecule has 0 saturated heterocycles. The second-order valence-corrected chi connectivity index (χ2v) is 5.72. The molecule has 0 spiro atoms. The predicted molar refractivity (Wildman–Crippen MR) is 75.6 cm³/mol. The van der Waals surface area contributed by atoms with Crippen molar-refractivity contribution in [3.63, 3.8) is 0 Å². The standard InChI is InChI=1S/C12H13N3O2S2/c1-3-10-14-12(19-15-10)18-9-5-4-7(6-8(9)13)11(16)17-2/h4-6H,3,13H2,1-2H3. The molecule has 0 fully saturated rings. The third-order valence-corrected chi connectivity index (χ3v) is 4.27. The summed E-state index contributed by atoms with van der Waals surface area (Å²) in [7, 11) is 1.34. The summed E-state index contributed by atoms with van der Waals surface area (Å²) in [4.78, 5) is 16.6. The summed E-state index contributed by atoms with van der Waals surface area (Å²) in [5.74, 6) is 0.435. The van der Waals surface area contributed by atoms with Crippen LogP contribution in [0.25, 0.3) is 0 Å². The number of hydrogen-bond donors (Lipinski definition) is 1. The number of nitrogens with two attached hydrogens (primary N) is 1. The first-order valence-electron chi connectivity index (χ1n) is 5.62. The van der Waals surface area contributed by atoms with Crippen LogP contribution in [-0.2, 0) is 11.2 Å². The monoisotopic (exact) mass is 295 g/mol. The molecule has 7 heteroatoms. The van der Waals surface area contributed by atoms with Gasteiger partial charge in [0.05, 0.1) is 12.7 Å². The summed E-state index contributed by atoms with van der Waals surface area (Å²) in [6.07, 6.45) is 0.813. The minimum absolute atomic E-state index is 0.396. The Labute approximate surface area is 119 Å². The molecular weight excluding hydrogens is 282 g/mol. The fourth-order valence-electron chi connectivity index (χ4n) is 1.40. The van der Waals surface area contributed by atoms with E-state index in [1.807, 2.05) is 6.92 Å². The van der Waals surface area contributed by atoms with Gasteiger partial charge in [0, 0.05) is 17.0 Å². The van der Waals surface area contributed by atoms with Crippen LogP contribution in [0.4, 0.5) is 5.69 Å². The van der Waals surface area contributed by atoms with Crippen molar-refractivity contribution in [2.75, 3.05) is 12.8 Å². The van der Waals surface area contributed by atoms with E-state index in [1.54, 1.807) is 18.2 Å². The van der Waals surface area contributed by atoms with Crippen LogP contribution in [0.3, 0.4) is 0 Å². The Hall–Kier alpha value is -1.60. The highest BCUT2D eigenvalue weighted by Crippen LogP contribution is 2.33. The first-order chi connectivity index (χ1) is 9.13. The fraction of sp³-hybridized carbons (Fsp3) is 0.250. The van der Waals surface area contributed by atoms with Crippen LogP contribution in [0.15, 0.2) is 27.4 Å². The van der Waals surface area contributed by atoms with Gasteiger partial charge in [-0.25, -0.2) is 9.78 Å². The molecule has 1 aromatic carbocycles. The lowest BCUT2D eigenvalue weighted by atomic mass is 10.2. The molecule has 0 atom stereocenters. The lowest BCUT2D eigenvalue weighted by Gasteiger charge is -2.05. The van der Waals surface area contributed by atoms with Crippen molar-refractivity contribution in [3.05, 3.63) is 29.6 Å². The number of rotatable bonds is 4. The van der Waals surface area contributed by atoms with Crippen molar-refractivity contribution in [2.45, 2.75) is 22.6 Å². The molecule has 2 N–H and O–H groups in total. The molecule has 0 aliphatic carbocycles. The van der Waals surface area contributed by atoms with Gasteiger partial charge in [-0.3, -0.25) is 0 Å². The van der Waals surface area contributed by atoms with E-state index in [-0.39, 0.29) is 0 Å². The summed E-state index contributed by atoms with van der Waals surface area (Å²) in [6, 6.07) is 5.08. The predicted octanol–water partition coefficient (Wildman–Crippen LogP) is 2.62. The van der Waals surface area contributed by atoms with Crippen LogP contribution < -0.4 is 5.73 Å². The molecule has 0 amide bonds. The fourth-order valence-corrected chi connectivity index (χ4v) is 3.09. The molecule has 0 aliphatic rings. The minimum Gasteiger partial charge on any atom is -0.465 e. The summed E-state index contributed by atoms with van der Waals surface area (Å²) in [5.41, 5.74) is 6.90. The van der Waals surface area contributed by atoms with Crippen LogP contribution in [-0.4, -0.2) is 22.4 Å². The molecule has 19 heavy (non-hydrogen) atoms. The van der Waals surface area contributed by atoms with Gasteiger partial charge in [-0.05, 0) is 29.7 Å². The number of benzene rings is 1. The number of aromatic nitrogens is 2. The molecule has 0 saturated carbocycles. The van der Waals surface area contributed by atoms with E-state index in [1.165, 1.54) is 30.4 Å². The number of methoxy groups -OCH3 is 1. The van der Waals surface area contributed by atoms with Gasteiger partial charge in [0.15, 0.2) is 4.34 Å². The molecule has 0 aliphatic heterocycles. The van der Waals surface area contributed by atoms with Gasteiger partial charge in [0.1, 0.15) is 5.82 Å². The van der Waals surface area contributed by atoms with E-state index < -0.39 is 5.97 Å². The van der Waals surface area contributed by atoms with Crippen LogP contribution in [0.1, 0.15) is 23.1 Å². The molecule has 2 rings (SSSR count). The lowest BCUT2D eigenvalue weighted by Crippen LogP contribution is -2.02. The second-order valence-electron chi connectivity index (χ2n) is 3.68. The molecule has 5 nitrogen and oxygen atoms in total. The number of hydrogen-bond acceptors (Lipinski definition) is 7. The normalized spacial score (nSPS) is 10.4. The number of ether oxygens (including phenoxy) is 1. The maximum Gasteiger partial charge on any atom is 0.337 e. The lowest BCUT2D eigenvalue weighted by molar-refractivity contribution is 0.0600. The number of carbonyl (C=O) groups excluding carboxylic acids is 1. The average Bonchev–Trinajstić information content (AvgIpc) is 2.88. The van der Waals surface area contributed by atoms with Gasteiger partial charge in [-0.2, -0.15) is 4.37 Å². The zero-order valence-electron chi connectivity index (χ0n) is 10.5. The van der Waals surface area contributed by atoms with Crippen molar-refractivity contribution in [1.29, 1.82) is 0 Å². The minimum atomic E-state index is -0.396. The second kappa shape index (κ2) is 6.03. The Kier molecular flexibility index (Phi) is 4.39. The summed E-state index contributed by atoms with van der Waals surface area (Å²) in [5, 5.41) is 0. The van der Waals surface area contributed by atoms with Crippen LogP contribution in [0.2, 0.25) is 0 Å². The van der Waals surface area contributed by atoms with Gasteiger partial charge in [0.2, 0.25) is 0 Å². The number of carbonyl (C=O) groups is 1. The maximum atomic E-state index is 11.4. The zero-order chi connectivity index (χ0) is 13.8. The van der Waals surface area contributed by atoms with Crippen LogP contribution in [0.5, 0.6) is 0 Å². The SMILES string of the molecule is CCc1nsc(Sc2ccc(C(=O)OC)cc2N)n1. The topological polar surface area (TPSA) is 78.1 Å². The van der Waals surface area contributed by atoms with E-state index in [9.17, 15) is 4.79 Å². The smallest absolute Gasteiger partial charge is 0.337 e. The Morgan fingerprint density at radius 2 is 2.32 bits per heavy atom. The van der Waals surface area contributed by atoms with Gasteiger partial charge < -0.3 is 10.5 Å². The zero-order valence-corrected chi connectivity index (χ0v) is 12.2. The highest BCUT2D eigenvalue weighted by Gasteiger charge is 2.11. The number of nitrogen functional groups attached to an aromatic ring is 1. The quantitative estimate of drug-likeness (QED) is 0.690. The third-order valence-electron chi connectivity index (χ3n) is 2.39. The molecule has 0 radical (unpaired) electrons. The van der Waals surface area contributed by atoms with Crippen LogP contribution >= 0.6 is 23.3 Å². The number of nitrogens with zero attached hydrogens (tertiary/aromatic N) is 2. The van der Waals surface area contributed by atoms with Crippen molar-refractivity contribution >= 4 is 35.0 Å². The Morgan fingerprint density at radius 1 is 1.53 bits per heavy atom. The molecule has 100 valence electrons. The van der Waals surface area contributed by atoms with E-state index in [4.69, 9.17) is 5.73 Å². The average molecular weight is 295 g/mol. The van der Waals surface area contributed by atoms with Crippen molar-refractivity contribution < 1.29 is 9.53 Å². The highest BCUT2D eigenvalue weighted by atomic mass is 32.2. The summed E-state index contributed by atoms with van der Waals surface area (Å²) < 4.78 is 9.70. The van der Waals surface area contributed by atoms with Gasteiger partial charge in [-0.1, -0.05) is 18.7 Å². The molecular formula is C12H13N3O2S2. The Bertz CT molecular complexity index is 598. The third kappa shape index (κ3) is 3.24. The Morgan fingerprint density at radius 3 is 2.89 bits per heavy atom. The molecule has 0 bridgehead atoms. The van der Waals surface area contributed by atoms with Gasteiger partial charge in [-0.15, -0.1) is 0 Å². The number of esters is 1. The van der Waals surface area contributed by atoms with E-state index in [0.29, 0.717) is 11.3 Å². The van der Waals surface area contributed by atoms with Crippen molar-refractivity contribution in [2.24, 2.45) is 0 Å². The number of anilines is 1. The van der Waals surface area contributed by atoms with E-state index in [0.717, 1.165) is 21.5 Å². The van der Waals surface area contributed by atoms with E-state index >= 15 is 0 Å². The molecule has 1 aromatic heterocycles. The van der Waals surface area contributed by atoms with Gasteiger partial charge in [0.25, 0.3) is 0 Å². The van der Waals surface area contributed by atoms with Crippen molar-refractivity contribution in [1.82, 2.24) is 9.36 Å².